The second-order valence-electron chi connectivity index (χ2n) is 4.35. The van der Waals surface area contributed by atoms with Crippen molar-refractivity contribution in [1.29, 1.82) is 0 Å². The second-order valence-corrected chi connectivity index (χ2v) is 7.71. The van der Waals surface area contributed by atoms with Crippen LogP contribution in [-0.2, 0) is 5.75 Å². The highest BCUT2D eigenvalue weighted by molar-refractivity contribution is 8.77. The zero-order valence-corrected chi connectivity index (χ0v) is 14.6. The van der Waals surface area contributed by atoms with Gasteiger partial charge in [-0.15, -0.1) is 11.8 Å². The fraction of sp³-hybridized carbons (Fsp3) is 0.176. The molecule has 0 N–H and O–H groups in total. The molecule has 116 valence electrons. The van der Waals surface area contributed by atoms with Crippen LogP contribution in [0.15, 0.2) is 64.9 Å². The third-order valence-corrected chi connectivity index (χ3v) is 5.68. The Morgan fingerprint density at radius 1 is 1.14 bits per heavy atom. The molecular weight excluding hydrogens is 335 g/mol. The summed E-state index contributed by atoms with van der Waals surface area (Å²) in [5.74, 6) is 2.50. The predicted octanol–water partition coefficient (Wildman–Crippen LogP) is 6.02. The highest BCUT2D eigenvalue weighted by Gasteiger charge is 1.96. The molecule has 0 aromatic heterocycles. The average Bonchev–Trinajstić information content (AvgIpc) is 2.56. The minimum Gasteiger partial charge on any atom is -0.497 e. The molecule has 1 nitrogen and oxygen atoms in total. The summed E-state index contributed by atoms with van der Waals surface area (Å²) >= 11 is 1.77. The average molecular weight is 353 g/mol. The Morgan fingerprint density at radius 3 is 2.73 bits per heavy atom. The van der Waals surface area contributed by atoms with Gasteiger partial charge in [-0.1, -0.05) is 45.9 Å². The van der Waals surface area contributed by atoms with Gasteiger partial charge in [0.05, 0.1) is 7.11 Å². The van der Waals surface area contributed by atoms with Gasteiger partial charge in [0.1, 0.15) is 11.6 Å². The molecule has 2 aromatic rings. The molecule has 0 atom stereocenters. The zero-order chi connectivity index (χ0) is 15.6. The summed E-state index contributed by atoms with van der Waals surface area (Å²) in [5, 5.41) is 2.10. The first-order chi connectivity index (χ1) is 10.8. The van der Waals surface area contributed by atoms with Crippen molar-refractivity contribution in [3.63, 3.8) is 0 Å². The highest BCUT2D eigenvalue weighted by Crippen LogP contribution is 2.28. The Kier molecular flexibility index (Phi) is 7.77. The third-order valence-electron chi connectivity index (χ3n) is 2.75. The van der Waals surface area contributed by atoms with E-state index >= 15 is 0 Å². The van der Waals surface area contributed by atoms with Gasteiger partial charge in [-0.3, -0.25) is 0 Å². The van der Waals surface area contributed by atoms with Gasteiger partial charge >= 0.3 is 0 Å². The van der Waals surface area contributed by atoms with Crippen molar-refractivity contribution in [3.8, 4) is 5.75 Å². The number of thioether (sulfide) groups is 1. The van der Waals surface area contributed by atoms with Crippen molar-refractivity contribution in [2.75, 3.05) is 12.9 Å². The summed E-state index contributed by atoms with van der Waals surface area (Å²) in [7, 11) is 5.12. The lowest BCUT2D eigenvalue weighted by Crippen LogP contribution is -1.82. The van der Waals surface area contributed by atoms with Crippen molar-refractivity contribution in [2.24, 2.45) is 0 Å². The zero-order valence-electron chi connectivity index (χ0n) is 12.2. The molecule has 0 heterocycles. The minimum absolute atomic E-state index is 0.184. The first-order valence-electron chi connectivity index (χ1n) is 6.72. The highest BCUT2D eigenvalue weighted by atomic mass is 33.1. The molecule has 0 unspecified atom stereocenters. The summed E-state index contributed by atoms with van der Waals surface area (Å²) in [5.41, 5.74) is 1.14. The summed E-state index contributed by atoms with van der Waals surface area (Å²) < 4.78 is 18.0. The number of ether oxygens (including phenoxy) is 1. The van der Waals surface area contributed by atoms with Crippen LogP contribution in [-0.4, -0.2) is 12.9 Å². The lowest BCUT2D eigenvalue weighted by molar-refractivity contribution is 0.413. The molecule has 5 heteroatoms. The fourth-order valence-electron chi connectivity index (χ4n) is 1.64. The Labute approximate surface area is 143 Å². The molecule has 2 aromatic carbocycles. The van der Waals surface area contributed by atoms with Gasteiger partial charge in [0.25, 0.3) is 0 Å². The van der Waals surface area contributed by atoms with Crippen LogP contribution < -0.4 is 4.74 Å². The van der Waals surface area contributed by atoms with E-state index in [4.69, 9.17) is 4.74 Å². The van der Waals surface area contributed by atoms with E-state index in [1.165, 1.54) is 17.0 Å². The Balaban J connectivity index is 1.62. The molecular formula is C17H17FOS3. The van der Waals surface area contributed by atoms with Crippen LogP contribution in [0.1, 0.15) is 5.56 Å². The number of hydrogen-bond donors (Lipinski definition) is 0. The molecule has 0 radical (unpaired) electrons. The van der Waals surface area contributed by atoms with Gasteiger partial charge < -0.3 is 4.74 Å². The van der Waals surface area contributed by atoms with Crippen LogP contribution in [0.5, 0.6) is 5.75 Å². The number of halogens is 1. The SMILES string of the molecule is COc1cccc(SC/C=C/SSCc2ccc(F)cc2)c1. The third kappa shape index (κ3) is 6.38. The largest absolute Gasteiger partial charge is 0.497 e. The normalized spacial score (nSPS) is 11.0. The number of hydrogen-bond acceptors (Lipinski definition) is 4. The van der Waals surface area contributed by atoms with E-state index in [2.05, 4.69) is 17.6 Å². The van der Waals surface area contributed by atoms with E-state index in [1.807, 2.05) is 30.3 Å². The molecule has 0 saturated carbocycles. The van der Waals surface area contributed by atoms with Gasteiger partial charge in [0.2, 0.25) is 0 Å². The number of rotatable bonds is 8. The molecule has 0 aliphatic rings. The lowest BCUT2D eigenvalue weighted by atomic mass is 10.2. The maximum Gasteiger partial charge on any atom is 0.123 e. The molecule has 0 fully saturated rings. The maximum absolute atomic E-state index is 12.8. The van der Waals surface area contributed by atoms with Crippen LogP contribution in [0.2, 0.25) is 0 Å². The standard InChI is InChI=1S/C17H17FOS3/c1-19-16-4-2-5-17(12-16)20-10-3-11-21-22-13-14-6-8-15(18)9-7-14/h2-9,11-12H,10,13H2,1H3/b11-3+. The minimum atomic E-state index is -0.184. The Hall–Kier alpha value is -1.04. The van der Waals surface area contributed by atoms with Gasteiger partial charge in [-0.05, 0) is 41.3 Å². The van der Waals surface area contributed by atoms with Crippen LogP contribution >= 0.6 is 33.3 Å². The van der Waals surface area contributed by atoms with Crippen LogP contribution in [0.4, 0.5) is 4.39 Å². The molecule has 0 spiro atoms. The van der Waals surface area contributed by atoms with E-state index < -0.39 is 0 Å². The van der Waals surface area contributed by atoms with E-state index in [0.717, 1.165) is 22.8 Å². The van der Waals surface area contributed by atoms with Crippen molar-refractivity contribution in [1.82, 2.24) is 0 Å². The van der Waals surface area contributed by atoms with Crippen molar-refractivity contribution in [3.05, 3.63) is 71.4 Å². The van der Waals surface area contributed by atoms with Gasteiger partial charge in [0, 0.05) is 16.4 Å². The lowest BCUT2D eigenvalue weighted by Gasteiger charge is -2.02. The smallest absolute Gasteiger partial charge is 0.123 e. The summed E-state index contributed by atoms with van der Waals surface area (Å²) in [4.78, 5) is 1.20. The van der Waals surface area contributed by atoms with Gasteiger partial charge in [0.15, 0.2) is 0 Å². The van der Waals surface area contributed by atoms with E-state index in [1.54, 1.807) is 40.5 Å². The predicted molar refractivity (Wildman–Crippen MR) is 98.1 cm³/mol. The molecule has 0 saturated heterocycles. The molecule has 22 heavy (non-hydrogen) atoms. The number of benzene rings is 2. The van der Waals surface area contributed by atoms with E-state index in [9.17, 15) is 4.39 Å². The monoisotopic (exact) mass is 352 g/mol. The quantitative estimate of drug-likeness (QED) is 0.326. The van der Waals surface area contributed by atoms with Crippen LogP contribution in [0.25, 0.3) is 0 Å². The topological polar surface area (TPSA) is 9.23 Å². The van der Waals surface area contributed by atoms with Crippen molar-refractivity contribution in [2.45, 2.75) is 10.6 Å². The maximum atomic E-state index is 12.8. The summed E-state index contributed by atoms with van der Waals surface area (Å²) in [6.45, 7) is 0. The van der Waals surface area contributed by atoms with Crippen LogP contribution in [0.3, 0.4) is 0 Å². The Morgan fingerprint density at radius 2 is 1.95 bits per heavy atom. The molecule has 0 aliphatic carbocycles. The molecule has 0 bridgehead atoms. The first-order valence-corrected chi connectivity index (χ1v) is 10.1. The van der Waals surface area contributed by atoms with Crippen molar-refractivity contribution >= 4 is 33.3 Å². The molecule has 0 aliphatic heterocycles. The fourth-order valence-corrected chi connectivity index (χ4v) is 4.25. The molecule has 2 rings (SSSR count). The molecule has 0 amide bonds. The number of methoxy groups -OCH3 is 1. The van der Waals surface area contributed by atoms with Gasteiger partial charge in [-0.25, -0.2) is 4.39 Å². The second kappa shape index (κ2) is 9.87. The van der Waals surface area contributed by atoms with E-state index in [0.29, 0.717) is 0 Å². The van der Waals surface area contributed by atoms with Crippen molar-refractivity contribution < 1.29 is 9.13 Å². The van der Waals surface area contributed by atoms with Gasteiger partial charge in [-0.2, -0.15) is 0 Å². The summed E-state index contributed by atoms with van der Waals surface area (Å²) in [6, 6.07) is 14.7. The van der Waals surface area contributed by atoms with Crippen LogP contribution in [0, 0.1) is 5.82 Å². The first kappa shape index (κ1) is 17.3. The Bertz CT molecular complexity index is 599. The summed E-state index contributed by atoms with van der Waals surface area (Å²) in [6.07, 6.45) is 2.15. The van der Waals surface area contributed by atoms with E-state index in [-0.39, 0.29) is 5.82 Å².